The van der Waals surface area contributed by atoms with Crippen LogP contribution in [0.15, 0.2) is 54.0 Å². The normalized spacial score (nSPS) is 15.9. The highest BCUT2D eigenvalue weighted by Crippen LogP contribution is 2.35. The molecular formula is C29H28ClF2N5O3. The van der Waals surface area contributed by atoms with Crippen molar-refractivity contribution >= 4 is 41.1 Å². The quantitative estimate of drug-likeness (QED) is 0.364. The fourth-order valence-electron chi connectivity index (χ4n) is 4.60. The summed E-state index contributed by atoms with van der Waals surface area (Å²) >= 11 is 6.18. The number of nitrogens with zero attached hydrogens (tertiary/aromatic N) is 3. The Kier molecular flexibility index (Phi) is 7.22. The van der Waals surface area contributed by atoms with Crippen molar-refractivity contribution in [3.63, 3.8) is 0 Å². The second-order valence-corrected chi connectivity index (χ2v) is 10.9. The molecule has 0 radical (unpaired) electrons. The molecule has 2 aromatic heterocycles. The van der Waals surface area contributed by atoms with Gasteiger partial charge in [-0.1, -0.05) is 30.3 Å². The number of rotatable bonds is 8. The van der Waals surface area contributed by atoms with E-state index in [2.05, 4.69) is 22.2 Å². The van der Waals surface area contributed by atoms with Gasteiger partial charge in [0.2, 0.25) is 0 Å². The number of benzene rings is 1. The zero-order chi connectivity index (χ0) is 28.8. The maximum atomic E-state index is 13.5. The van der Waals surface area contributed by atoms with Gasteiger partial charge < -0.3 is 20.1 Å². The van der Waals surface area contributed by atoms with Crippen molar-refractivity contribution in [1.29, 1.82) is 0 Å². The molecule has 5 rings (SSSR count). The van der Waals surface area contributed by atoms with Crippen LogP contribution in [0.3, 0.4) is 0 Å². The van der Waals surface area contributed by atoms with Crippen molar-refractivity contribution < 1.29 is 18.4 Å². The first-order valence-electron chi connectivity index (χ1n) is 12.9. The summed E-state index contributed by atoms with van der Waals surface area (Å²) in [6.07, 6.45) is 5.01. The average Bonchev–Trinajstić information content (AvgIpc) is 3.71. The van der Waals surface area contributed by atoms with Gasteiger partial charge >= 0.3 is 0 Å². The number of nitrogens with one attached hydrogen (secondary N) is 2. The predicted octanol–water partition coefficient (Wildman–Crippen LogP) is 5.71. The topological polar surface area (TPSA) is 96.3 Å². The van der Waals surface area contributed by atoms with Crippen LogP contribution in [0.2, 0.25) is 5.02 Å². The van der Waals surface area contributed by atoms with E-state index in [0.717, 1.165) is 17.7 Å². The third kappa shape index (κ3) is 5.77. The highest BCUT2D eigenvalue weighted by molar-refractivity contribution is 6.31. The van der Waals surface area contributed by atoms with Crippen LogP contribution in [-0.4, -0.2) is 51.3 Å². The molecule has 0 bridgehead atoms. The number of alkyl halides is 2. The number of carbonyl (C=O) groups is 2. The lowest BCUT2D eigenvalue weighted by Gasteiger charge is -2.39. The van der Waals surface area contributed by atoms with E-state index in [4.69, 9.17) is 11.6 Å². The minimum absolute atomic E-state index is 0.0176. The second-order valence-electron chi connectivity index (χ2n) is 10.4. The molecule has 2 amide bonds. The Labute approximate surface area is 234 Å². The summed E-state index contributed by atoms with van der Waals surface area (Å²) in [4.78, 5) is 45.1. The Morgan fingerprint density at radius 1 is 1.12 bits per heavy atom. The van der Waals surface area contributed by atoms with E-state index in [1.54, 1.807) is 41.1 Å². The molecule has 208 valence electrons. The molecule has 2 fully saturated rings. The SMILES string of the molecule is C=Cc1cc(C(=O)Nc2cc(-c3ccc(Cl)cc3C(=O)N3CC(F)(F)C3)cc(NC(C)C)n2)c(=O)n(C2CC2)c1. The zero-order valence-corrected chi connectivity index (χ0v) is 22.8. The Bertz CT molecular complexity index is 1570. The van der Waals surface area contributed by atoms with Crippen molar-refractivity contribution in [3.8, 4) is 11.1 Å². The molecule has 1 saturated heterocycles. The third-order valence-electron chi connectivity index (χ3n) is 6.64. The molecule has 3 aromatic rings. The Morgan fingerprint density at radius 3 is 2.45 bits per heavy atom. The maximum absolute atomic E-state index is 13.5. The van der Waals surface area contributed by atoms with Gasteiger partial charge in [0.1, 0.15) is 17.2 Å². The number of carbonyl (C=O) groups excluding carboxylic acids is 2. The number of likely N-dealkylation sites (tertiary alicyclic amines) is 1. The molecule has 3 heterocycles. The van der Waals surface area contributed by atoms with Gasteiger partial charge in [0.25, 0.3) is 23.3 Å². The molecule has 0 atom stereocenters. The number of halogens is 3. The molecule has 2 aliphatic rings. The van der Waals surface area contributed by atoms with Gasteiger partial charge in [-0.25, -0.2) is 13.8 Å². The van der Waals surface area contributed by atoms with Crippen LogP contribution in [0.4, 0.5) is 20.4 Å². The standard InChI is InChI=1S/C29H28ClF2N5O3/c1-4-17-9-23(28(40)37(13-17)20-6-7-20)26(38)35-25-11-18(10-24(34-25)33-16(2)3)21-8-5-19(30)12-22(21)27(39)36-14-29(31,32)15-36/h4-5,8-13,16,20H,1,6-7,14-15H2,2-3H3,(H2,33,34,35,38). The van der Waals surface area contributed by atoms with E-state index in [1.807, 2.05) is 13.8 Å². The second kappa shape index (κ2) is 10.5. The van der Waals surface area contributed by atoms with E-state index >= 15 is 0 Å². The van der Waals surface area contributed by atoms with Gasteiger partial charge in [-0.2, -0.15) is 0 Å². The Hall–Kier alpha value is -4.05. The van der Waals surface area contributed by atoms with Crippen LogP contribution in [0.25, 0.3) is 17.2 Å². The van der Waals surface area contributed by atoms with Crippen LogP contribution < -0.4 is 16.2 Å². The first-order chi connectivity index (χ1) is 18.9. The first kappa shape index (κ1) is 27.5. The summed E-state index contributed by atoms with van der Waals surface area (Å²) in [5.41, 5.74) is 1.26. The highest BCUT2D eigenvalue weighted by Gasteiger charge is 2.46. The fraction of sp³-hybridized carbons (Fsp3) is 0.310. The first-order valence-corrected chi connectivity index (χ1v) is 13.3. The van der Waals surface area contributed by atoms with Gasteiger partial charge in [0, 0.05) is 28.9 Å². The van der Waals surface area contributed by atoms with Crippen molar-refractivity contribution in [2.24, 2.45) is 0 Å². The zero-order valence-electron chi connectivity index (χ0n) is 22.0. The van der Waals surface area contributed by atoms with Gasteiger partial charge in [-0.05, 0) is 73.7 Å². The average molecular weight is 568 g/mol. The van der Waals surface area contributed by atoms with E-state index in [-0.39, 0.29) is 34.1 Å². The van der Waals surface area contributed by atoms with Gasteiger partial charge in [-0.15, -0.1) is 0 Å². The smallest absolute Gasteiger partial charge is 0.282 e. The molecule has 1 aromatic carbocycles. The highest BCUT2D eigenvalue weighted by atomic mass is 35.5. The van der Waals surface area contributed by atoms with Gasteiger partial charge in [0.05, 0.1) is 13.1 Å². The molecule has 1 aliphatic heterocycles. The molecule has 8 nitrogen and oxygen atoms in total. The number of anilines is 2. The molecule has 0 spiro atoms. The Balaban J connectivity index is 1.53. The van der Waals surface area contributed by atoms with Crippen molar-refractivity contribution in [2.45, 2.75) is 44.7 Å². The number of aromatic nitrogens is 2. The summed E-state index contributed by atoms with van der Waals surface area (Å²) in [7, 11) is 0. The summed E-state index contributed by atoms with van der Waals surface area (Å²) in [6.45, 7) is 6.25. The van der Waals surface area contributed by atoms with Crippen LogP contribution in [0.1, 0.15) is 59.0 Å². The lowest BCUT2D eigenvalue weighted by molar-refractivity contribution is -0.113. The molecule has 2 N–H and O–H groups in total. The minimum atomic E-state index is -2.92. The molecule has 0 unspecified atom stereocenters. The predicted molar refractivity (Wildman–Crippen MR) is 151 cm³/mol. The number of pyridine rings is 2. The number of hydrogen-bond acceptors (Lipinski definition) is 5. The number of amides is 2. The molecule has 11 heteroatoms. The Morgan fingerprint density at radius 2 is 1.82 bits per heavy atom. The van der Waals surface area contributed by atoms with Crippen LogP contribution >= 0.6 is 11.6 Å². The molecule has 40 heavy (non-hydrogen) atoms. The molecule has 1 saturated carbocycles. The summed E-state index contributed by atoms with van der Waals surface area (Å²) in [5.74, 6) is -3.60. The van der Waals surface area contributed by atoms with Gasteiger partial charge in [-0.3, -0.25) is 14.4 Å². The lowest BCUT2D eigenvalue weighted by atomic mass is 9.97. The fourth-order valence-corrected chi connectivity index (χ4v) is 4.77. The van der Waals surface area contributed by atoms with Gasteiger partial charge in [0.15, 0.2) is 0 Å². The minimum Gasteiger partial charge on any atom is -0.368 e. The van der Waals surface area contributed by atoms with Crippen LogP contribution in [0, 0.1) is 0 Å². The monoisotopic (exact) mass is 567 g/mol. The summed E-state index contributed by atoms with van der Waals surface area (Å²) in [5, 5.41) is 6.18. The summed E-state index contributed by atoms with van der Waals surface area (Å²) < 4.78 is 28.6. The third-order valence-corrected chi connectivity index (χ3v) is 6.88. The number of hydrogen-bond donors (Lipinski definition) is 2. The lowest BCUT2D eigenvalue weighted by Crippen LogP contribution is -2.58. The van der Waals surface area contributed by atoms with Crippen LogP contribution in [0.5, 0.6) is 0 Å². The van der Waals surface area contributed by atoms with E-state index in [0.29, 0.717) is 22.5 Å². The van der Waals surface area contributed by atoms with E-state index < -0.39 is 36.4 Å². The molecule has 1 aliphatic carbocycles. The van der Waals surface area contributed by atoms with Crippen molar-refractivity contribution in [3.05, 3.63) is 81.2 Å². The van der Waals surface area contributed by atoms with Crippen molar-refractivity contribution in [2.75, 3.05) is 23.7 Å². The van der Waals surface area contributed by atoms with Crippen molar-refractivity contribution in [1.82, 2.24) is 14.5 Å². The van der Waals surface area contributed by atoms with E-state index in [1.165, 1.54) is 12.1 Å². The molecular weight excluding hydrogens is 540 g/mol. The largest absolute Gasteiger partial charge is 0.368 e. The van der Waals surface area contributed by atoms with Crippen LogP contribution in [-0.2, 0) is 0 Å². The summed E-state index contributed by atoms with van der Waals surface area (Å²) in [6, 6.07) is 9.43. The van der Waals surface area contributed by atoms with E-state index in [9.17, 15) is 23.2 Å². The maximum Gasteiger partial charge on any atom is 0.282 e.